The Kier molecular flexibility index (Phi) is 5.20. The Morgan fingerprint density at radius 1 is 0.912 bits per heavy atom. The number of amides is 2. The summed E-state index contributed by atoms with van der Waals surface area (Å²) in [5, 5.41) is 2.75. The summed E-state index contributed by atoms with van der Waals surface area (Å²) in [6, 6.07) is 16.2. The molecule has 0 radical (unpaired) electrons. The van der Waals surface area contributed by atoms with Crippen molar-refractivity contribution < 1.29 is 13.2 Å². The lowest BCUT2D eigenvalue weighted by molar-refractivity contribution is 0.256. The summed E-state index contributed by atoms with van der Waals surface area (Å²) in [4.78, 5) is 21.2. The summed E-state index contributed by atoms with van der Waals surface area (Å²) < 4.78 is 28.7. The number of nitrogens with one attached hydrogen (secondary N) is 1. The van der Waals surface area contributed by atoms with E-state index < -0.39 is 16.1 Å². The number of rotatable bonds is 3. The minimum atomic E-state index is -3.91. The highest BCUT2D eigenvalue weighted by molar-refractivity contribution is 7.92. The molecule has 0 unspecified atom stereocenters. The number of sulfonamides is 1. The van der Waals surface area contributed by atoms with E-state index in [-0.39, 0.29) is 22.8 Å². The zero-order valence-electron chi connectivity index (χ0n) is 18.0. The molecule has 5 rings (SSSR count). The van der Waals surface area contributed by atoms with E-state index in [0.717, 1.165) is 17.5 Å². The van der Waals surface area contributed by atoms with Crippen molar-refractivity contribution in [1.82, 2.24) is 0 Å². The average Bonchev–Trinajstić information content (AvgIpc) is 2.87. The van der Waals surface area contributed by atoms with Crippen molar-refractivity contribution in [3.63, 3.8) is 0 Å². The van der Waals surface area contributed by atoms with Gasteiger partial charge in [-0.15, -0.1) is 0 Å². The van der Waals surface area contributed by atoms with E-state index in [0.29, 0.717) is 30.0 Å². The average molecular weight is 470 g/mol. The van der Waals surface area contributed by atoms with Crippen LogP contribution in [0.5, 0.6) is 0 Å². The van der Waals surface area contributed by atoms with Crippen LogP contribution < -0.4 is 14.5 Å². The van der Waals surface area contributed by atoms with Gasteiger partial charge in [-0.05, 0) is 42.2 Å². The number of para-hydroxylation sites is 1. The summed E-state index contributed by atoms with van der Waals surface area (Å²) in [7, 11) is -3.91. The normalized spacial score (nSPS) is 14.9. The highest BCUT2D eigenvalue weighted by atomic mass is 32.2. The topological polar surface area (TPSA) is 78.4 Å². The van der Waals surface area contributed by atoms with Gasteiger partial charge in [0, 0.05) is 12.2 Å². The molecule has 0 bridgehead atoms. The quantitative estimate of drug-likeness (QED) is 0.516. The fourth-order valence-electron chi connectivity index (χ4n) is 4.36. The Hall–Kier alpha value is -4.34. The first-order valence-electron chi connectivity index (χ1n) is 10.6. The second-order valence-corrected chi connectivity index (χ2v) is 9.90. The first-order valence-corrected chi connectivity index (χ1v) is 12.1. The molecule has 0 saturated heterocycles. The molecule has 2 aliphatic heterocycles. The van der Waals surface area contributed by atoms with Gasteiger partial charge in [-0.25, -0.2) is 22.9 Å². The van der Waals surface area contributed by atoms with Crippen LogP contribution in [0.2, 0.25) is 0 Å². The monoisotopic (exact) mass is 469 g/mol. The number of urea groups is 1. The Bertz CT molecular complexity index is 1520. The van der Waals surface area contributed by atoms with E-state index >= 15 is 0 Å². The Morgan fingerprint density at radius 2 is 1.74 bits per heavy atom. The Balaban J connectivity index is 1.56. The first-order chi connectivity index (χ1) is 16.4. The molecule has 0 fully saturated rings. The van der Waals surface area contributed by atoms with E-state index in [9.17, 15) is 13.2 Å². The summed E-state index contributed by atoms with van der Waals surface area (Å²) in [5.41, 5.74) is 3.73. The number of fused-ring (bicyclic) bond motifs is 2. The number of anilines is 3. The molecule has 0 atom stereocenters. The van der Waals surface area contributed by atoms with Crippen molar-refractivity contribution in [3.05, 3.63) is 94.6 Å². The maximum absolute atomic E-state index is 13.6. The lowest BCUT2D eigenvalue weighted by Gasteiger charge is -2.32. The van der Waals surface area contributed by atoms with Gasteiger partial charge in [-0.3, -0.25) is 9.21 Å². The van der Waals surface area contributed by atoms with Crippen LogP contribution in [0.3, 0.4) is 0 Å². The standard InChI is InChI=1S/C25H19N5O3S/c1-26-19-10-9-18-16-29(25(31)28-22(18)14-19)24-15-20(11-12-21(24)27-2)34(32,33)30-13-5-7-17-6-3-4-8-23(17)30/h3-4,6,8-12,14-15H,5,7,13,16H2,(H,28,31). The molecule has 0 saturated carbocycles. The van der Waals surface area contributed by atoms with Gasteiger partial charge in [-0.1, -0.05) is 42.5 Å². The van der Waals surface area contributed by atoms with E-state index in [1.165, 1.54) is 27.4 Å². The third-order valence-corrected chi connectivity index (χ3v) is 7.86. The summed E-state index contributed by atoms with van der Waals surface area (Å²) in [5.74, 6) is 0. The molecule has 1 N–H and O–H groups in total. The smallest absolute Gasteiger partial charge is 0.308 e. The van der Waals surface area contributed by atoms with Crippen molar-refractivity contribution in [3.8, 4) is 0 Å². The molecule has 2 heterocycles. The summed E-state index contributed by atoms with van der Waals surface area (Å²) >= 11 is 0. The van der Waals surface area contributed by atoms with Crippen LogP contribution in [0.4, 0.5) is 33.2 Å². The fourth-order valence-corrected chi connectivity index (χ4v) is 5.92. The molecule has 9 heteroatoms. The minimum absolute atomic E-state index is 0.0218. The molecule has 3 aromatic carbocycles. The van der Waals surface area contributed by atoms with Gasteiger partial charge in [0.1, 0.15) is 0 Å². The zero-order valence-corrected chi connectivity index (χ0v) is 18.8. The number of aryl methyl sites for hydroxylation is 1. The maximum Gasteiger partial charge on any atom is 0.325 e. The second-order valence-electron chi connectivity index (χ2n) is 8.04. The number of hydrogen-bond donors (Lipinski definition) is 1. The third kappa shape index (κ3) is 3.53. The van der Waals surface area contributed by atoms with Crippen LogP contribution in [0, 0.1) is 13.1 Å². The third-order valence-electron chi connectivity index (χ3n) is 6.05. The first kappa shape index (κ1) is 21.5. The molecule has 2 aliphatic rings. The summed E-state index contributed by atoms with van der Waals surface area (Å²) in [6.45, 7) is 15.2. The number of nitrogens with zero attached hydrogens (tertiary/aromatic N) is 4. The van der Waals surface area contributed by atoms with Crippen molar-refractivity contribution in [2.45, 2.75) is 24.3 Å². The highest BCUT2D eigenvalue weighted by Gasteiger charge is 2.31. The van der Waals surface area contributed by atoms with Gasteiger partial charge in [0.15, 0.2) is 5.69 Å². The number of carbonyl (C=O) groups excluding carboxylic acids is 1. The van der Waals surface area contributed by atoms with Crippen molar-refractivity contribution in [2.24, 2.45) is 0 Å². The van der Waals surface area contributed by atoms with Crippen LogP contribution in [-0.4, -0.2) is 21.0 Å². The molecule has 0 aliphatic carbocycles. The summed E-state index contributed by atoms with van der Waals surface area (Å²) in [6.07, 6.45) is 1.52. The number of benzene rings is 3. The lowest BCUT2D eigenvalue weighted by atomic mass is 10.0. The molecule has 8 nitrogen and oxygen atoms in total. The Labute approximate surface area is 197 Å². The van der Waals surface area contributed by atoms with E-state index in [1.54, 1.807) is 24.3 Å². The van der Waals surface area contributed by atoms with Gasteiger partial charge in [-0.2, -0.15) is 0 Å². The number of carbonyl (C=O) groups is 1. The van der Waals surface area contributed by atoms with Crippen LogP contribution in [0.15, 0.2) is 65.6 Å². The van der Waals surface area contributed by atoms with Crippen LogP contribution in [0.1, 0.15) is 17.5 Å². The van der Waals surface area contributed by atoms with Crippen LogP contribution in [-0.2, 0) is 23.0 Å². The van der Waals surface area contributed by atoms with E-state index in [2.05, 4.69) is 15.0 Å². The predicted molar refractivity (Wildman–Crippen MR) is 130 cm³/mol. The van der Waals surface area contributed by atoms with Gasteiger partial charge >= 0.3 is 6.03 Å². The molecule has 34 heavy (non-hydrogen) atoms. The molecular weight excluding hydrogens is 450 g/mol. The minimum Gasteiger partial charge on any atom is -0.308 e. The van der Waals surface area contributed by atoms with Crippen molar-refractivity contribution in [1.29, 1.82) is 0 Å². The van der Waals surface area contributed by atoms with Crippen molar-refractivity contribution in [2.75, 3.05) is 21.1 Å². The molecular formula is C25H19N5O3S. The maximum atomic E-state index is 13.6. The molecule has 0 spiro atoms. The van der Waals surface area contributed by atoms with Gasteiger partial charge in [0.2, 0.25) is 5.69 Å². The Morgan fingerprint density at radius 3 is 2.53 bits per heavy atom. The number of hydrogen-bond acceptors (Lipinski definition) is 3. The molecule has 2 amide bonds. The van der Waals surface area contributed by atoms with Gasteiger partial charge in [0.25, 0.3) is 10.0 Å². The van der Waals surface area contributed by atoms with Gasteiger partial charge < -0.3 is 5.32 Å². The lowest BCUT2D eigenvalue weighted by Crippen LogP contribution is -2.39. The largest absolute Gasteiger partial charge is 0.325 e. The molecule has 3 aromatic rings. The van der Waals surface area contributed by atoms with Crippen molar-refractivity contribution >= 4 is 44.5 Å². The molecule has 0 aromatic heterocycles. The van der Waals surface area contributed by atoms with Crippen LogP contribution in [0.25, 0.3) is 9.69 Å². The highest BCUT2D eigenvalue weighted by Crippen LogP contribution is 2.39. The molecule has 168 valence electrons. The van der Waals surface area contributed by atoms with E-state index in [1.807, 2.05) is 18.2 Å². The SMILES string of the molecule is [C-]#[N+]c1ccc2c(c1)NC(=O)N(c1cc(S(=O)(=O)N3CCCc4ccccc43)ccc1[N+]#[C-])C2. The fraction of sp³-hybridized carbons (Fsp3) is 0.160. The zero-order chi connectivity index (χ0) is 23.9. The van der Waals surface area contributed by atoms with Gasteiger partial charge in [0.05, 0.1) is 36.0 Å². The second kappa shape index (κ2) is 8.22. The van der Waals surface area contributed by atoms with E-state index in [4.69, 9.17) is 13.1 Å². The predicted octanol–water partition coefficient (Wildman–Crippen LogP) is 5.48. The van der Waals surface area contributed by atoms with Crippen LogP contribution >= 0.6 is 0 Å².